The molecular formula is C14H13F2NO5. The summed E-state index contributed by atoms with van der Waals surface area (Å²) in [4.78, 5) is 23.6. The zero-order valence-electron chi connectivity index (χ0n) is 11.4. The molecule has 0 aromatic heterocycles. The minimum absolute atomic E-state index is 0.0244. The Morgan fingerprint density at radius 2 is 1.95 bits per heavy atom. The molecule has 3 rings (SSSR count). The number of nitrogens with zero attached hydrogens (tertiary/aromatic N) is 1. The molecule has 2 aliphatic heterocycles. The second-order valence-electron chi connectivity index (χ2n) is 5.47. The standard InChI is InChI=1S/C14H13F2NO5/c15-10-3-7-6-22-14(8(7)4-11(10)16)1-2-17(13(20)21)5-9(14)12(18)19/h3-4,9H,1-2,5-6H2,(H,18,19)(H,20,21)/t9-,14+/m1/s1. The lowest BCUT2D eigenvalue weighted by atomic mass is 9.75. The molecule has 0 saturated carbocycles. The third kappa shape index (κ3) is 2.02. The quantitative estimate of drug-likeness (QED) is 0.825. The fourth-order valence-electron chi connectivity index (χ4n) is 3.27. The van der Waals surface area contributed by atoms with E-state index in [4.69, 9.17) is 9.84 Å². The van der Waals surface area contributed by atoms with Gasteiger partial charge in [0, 0.05) is 13.1 Å². The summed E-state index contributed by atoms with van der Waals surface area (Å²) in [5.41, 5.74) is -0.625. The number of carboxylic acids is 1. The van der Waals surface area contributed by atoms with Crippen molar-refractivity contribution in [2.45, 2.75) is 18.6 Å². The van der Waals surface area contributed by atoms with Crippen molar-refractivity contribution >= 4 is 12.1 Å². The van der Waals surface area contributed by atoms with Crippen LogP contribution in [-0.2, 0) is 21.7 Å². The lowest BCUT2D eigenvalue weighted by Gasteiger charge is -2.42. The number of carbonyl (C=O) groups is 2. The first-order valence-corrected chi connectivity index (χ1v) is 6.68. The van der Waals surface area contributed by atoms with Gasteiger partial charge in [-0.2, -0.15) is 0 Å². The SMILES string of the molecule is O=C(O)[C@H]1CN(C(=O)O)CC[C@@]12OCc1cc(F)c(F)cc12. The van der Waals surface area contributed by atoms with Gasteiger partial charge in [-0.3, -0.25) is 4.79 Å². The van der Waals surface area contributed by atoms with Gasteiger partial charge in [0.1, 0.15) is 11.5 Å². The Labute approximate surface area is 123 Å². The summed E-state index contributed by atoms with van der Waals surface area (Å²) in [5, 5.41) is 18.5. The number of benzene rings is 1. The maximum Gasteiger partial charge on any atom is 0.407 e. The van der Waals surface area contributed by atoms with Crippen LogP contribution in [0, 0.1) is 17.6 Å². The summed E-state index contributed by atoms with van der Waals surface area (Å²) in [7, 11) is 0. The maximum absolute atomic E-state index is 13.6. The molecule has 118 valence electrons. The number of hydrogen-bond donors (Lipinski definition) is 2. The Kier molecular flexibility index (Phi) is 3.28. The lowest BCUT2D eigenvalue weighted by molar-refractivity contribution is -0.167. The number of piperidine rings is 1. The molecule has 22 heavy (non-hydrogen) atoms. The number of likely N-dealkylation sites (tertiary alicyclic amines) is 1. The summed E-state index contributed by atoms with van der Waals surface area (Å²) in [6, 6.07) is 1.96. The van der Waals surface area contributed by atoms with Crippen LogP contribution in [-0.4, -0.2) is 40.3 Å². The van der Waals surface area contributed by atoms with E-state index in [2.05, 4.69) is 0 Å². The Hall–Kier alpha value is -2.22. The molecule has 8 heteroatoms. The molecule has 2 N–H and O–H groups in total. The monoisotopic (exact) mass is 313 g/mol. The van der Waals surface area contributed by atoms with E-state index < -0.39 is 35.2 Å². The molecule has 0 unspecified atom stereocenters. The van der Waals surface area contributed by atoms with Crippen molar-refractivity contribution in [1.82, 2.24) is 4.90 Å². The molecule has 0 aliphatic carbocycles. The number of halogens is 2. The van der Waals surface area contributed by atoms with E-state index in [1.807, 2.05) is 0 Å². The zero-order valence-corrected chi connectivity index (χ0v) is 11.4. The number of carboxylic acid groups (broad SMARTS) is 2. The molecule has 0 bridgehead atoms. The van der Waals surface area contributed by atoms with Crippen LogP contribution in [0.2, 0.25) is 0 Å². The minimum atomic E-state index is -1.32. The molecule has 1 fully saturated rings. The fourth-order valence-corrected chi connectivity index (χ4v) is 3.27. The highest BCUT2D eigenvalue weighted by Crippen LogP contribution is 2.48. The average molecular weight is 313 g/mol. The average Bonchev–Trinajstić information content (AvgIpc) is 2.78. The van der Waals surface area contributed by atoms with Crippen LogP contribution in [0.4, 0.5) is 13.6 Å². The third-order valence-corrected chi connectivity index (χ3v) is 4.37. The van der Waals surface area contributed by atoms with Crippen molar-refractivity contribution in [3.05, 3.63) is 34.9 Å². The smallest absolute Gasteiger partial charge is 0.407 e. The number of ether oxygens (including phenoxy) is 1. The molecule has 1 aromatic carbocycles. The van der Waals surface area contributed by atoms with Gasteiger partial charge >= 0.3 is 12.1 Å². The van der Waals surface area contributed by atoms with E-state index in [1.165, 1.54) is 0 Å². The zero-order chi connectivity index (χ0) is 16.1. The van der Waals surface area contributed by atoms with E-state index in [0.717, 1.165) is 17.0 Å². The van der Waals surface area contributed by atoms with E-state index in [1.54, 1.807) is 0 Å². The van der Waals surface area contributed by atoms with Gasteiger partial charge in [-0.15, -0.1) is 0 Å². The van der Waals surface area contributed by atoms with E-state index in [9.17, 15) is 23.5 Å². The predicted octanol–water partition coefficient (Wildman–Crippen LogP) is 1.77. The third-order valence-electron chi connectivity index (χ3n) is 4.37. The molecular weight excluding hydrogens is 300 g/mol. The second-order valence-corrected chi connectivity index (χ2v) is 5.47. The van der Waals surface area contributed by atoms with Crippen molar-refractivity contribution < 1.29 is 33.3 Å². The second kappa shape index (κ2) is 4.91. The number of amides is 1. The molecule has 1 aromatic rings. The number of hydrogen-bond acceptors (Lipinski definition) is 3. The first-order chi connectivity index (χ1) is 10.3. The fraction of sp³-hybridized carbons (Fsp3) is 0.429. The van der Waals surface area contributed by atoms with Gasteiger partial charge in [-0.25, -0.2) is 13.6 Å². The van der Waals surface area contributed by atoms with Gasteiger partial charge in [0.05, 0.1) is 6.61 Å². The van der Waals surface area contributed by atoms with Gasteiger partial charge in [0.25, 0.3) is 0 Å². The number of rotatable bonds is 1. The van der Waals surface area contributed by atoms with Crippen molar-refractivity contribution in [2.24, 2.45) is 5.92 Å². The van der Waals surface area contributed by atoms with Crippen LogP contribution in [0.3, 0.4) is 0 Å². The molecule has 2 atom stereocenters. The summed E-state index contributed by atoms with van der Waals surface area (Å²) in [6.07, 6.45) is -1.14. The number of aliphatic carboxylic acids is 1. The van der Waals surface area contributed by atoms with E-state index in [0.29, 0.717) is 11.1 Å². The Bertz CT molecular complexity index is 665. The van der Waals surface area contributed by atoms with Crippen LogP contribution >= 0.6 is 0 Å². The van der Waals surface area contributed by atoms with E-state index in [-0.39, 0.29) is 26.1 Å². The molecule has 2 aliphatic rings. The predicted molar refractivity (Wildman–Crippen MR) is 68.2 cm³/mol. The van der Waals surface area contributed by atoms with Crippen LogP contribution < -0.4 is 0 Å². The van der Waals surface area contributed by atoms with Gasteiger partial charge in [0.2, 0.25) is 0 Å². The van der Waals surface area contributed by atoms with Crippen molar-refractivity contribution in [3.63, 3.8) is 0 Å². The Balaban J connectivity index is 2.06. The normalized spacial score (nSPS) is 27.0. The summed E-state index contributed by atoms with van der Waals surface area (Å²) in [6.45, 7) is -0.218. The van der Waals surface area contributed by atoms with Crippen molar-refractivity contribution in [2.75, 3.05) is 13.1 Å². The lowest BCUT2D eigenvalue weighted by Crippen LogP contribution is -2.54. The van der Waals surface area contributed by atoms with Crippen LogP contribution in [0.25, 0.3) is 0 Å². The van der Waals surface area contributed by atoms with Crippen molar-refractivity contribution in [1.29, 1.82) is 0 Å². The van der Waals surface area contributed by atoms with Crippen molar-refractivity contribution in [3.8, 4) is 0 Å². The highest BCUT2D eigenvalue weighted by atomic mass is 19.2. The van der Waals surface area contributed by atoms with Gasteiger partial charge in [-0.1, -0.05) is 0 Å². The summed E-state index contributed by atoms with van der Waals surface area (Å²) < 4.78 is 32.5. The number of fused-ring (bicyclic) bond motifs is 2. The maximum atomic E-state index is 13.6. The molecule has 0 radical (unpaired) electrons. The summed E-state index contributed by atoms with van der Waals surface area (Å²) in [5.74, 6) is -4.50. The van der Waals surface area contributed by atoms with Gasteiger partial charge < -0.3 is 19.8 Å². The van der Waals surface area contributed by atoms with Crippen LogP contribution in [0.1, 0.15) is 17.5 Å². The van der Waals surface area contributed by atoms with E-state index >= 15 is 0 Å². The van der Waals surface area contributed by atoms with Gasteiger partial charge in [-0.05, 0) is 29.7 Å². The van der Waals surface area contributed by atoms with Gasteiger partial charge in [0.15, 0.2) is 11.6 Å². The topological polar surface area (TPSA) is 87.1 Å². The molecule has 1 saturated heterocycles. The highest BCUT2D eigenvalue weighted by Gasteiger charge is 2.54. The minimum Gasteiger partial charge on any atom is -0.481 e. The highest BCUT2D eigenvalue weighted by molar-refractivity contribution is 5.75. The molecule has 6 nitrogen and oxygen atoms in total. The van der Waals surface area contributed by atoms with Crippen LogP contribution in [0.15, 0.2) is 12.1 Å². The Morgan fingerprint density at radius 1 is 1.27 bits per heavy atom. The molecule has 1 spiro atoms. The first-order valence-electron chi connectivity index (χ1n) is 6.68. The first kappa shape index (κ1) is 14.7. The molecule has 2 heterocycles. The van der Waals surface area contributed by atoms with Crippen LogP contribution in [0.5, 0.6) is 0 Å². The summed E-state index contributed by atoms with van der Waals surface area (Å²) >= 11 is 0. The Morgan fingerprint density at radius 3 is 2.59 bits per heavy atom. The largest absolute Gasteiger partial charge is 0.481 e. The molecule has 1 amide bonds.